The second kappa shape index (κ2) is 4.93. The van der Waals surface area contributed by atoms with Crippen molar-refractivity contribution >= 4 is 0 Å². The molecule has 0 aliphatic carbocycles. The average Bonchev–Trinajstić information content (AvgIpc) is 2.87. The zero-order chi connectivity index (χ0) is 11.5. The molecule has 1 saturated heterocycles. The van der Waals surface area contributed by atoms with Crippen LogP contribution in [0.1, 0.15) is 38.4 Å². The summed E-state index contributed by atoms with van der Waals surface area (Å²) in [5.41, 5.74) is 7.29. The summed E-state index contributed by atoms with van der Waals surface area (Å²) in [5.74, 6) is 0.393. The van der Waals surface area contributed by atoms with E-state index in [9.17, 15) is 0 Å². The van der Waals surface area contributed by atoms with E-state index in [0.29, 0.717) is 12.0 Å². The average molecular weight is 224 g/mol. The van der Waals surface area contributed by atoms with Crippen molar-refractivity contribution in [2.45, 2.75) is 45.4 Å². The highest BCUT2D eigenvalue weighted by atomic mass is 16.5. The summed E-state index contributed by atoms with van der Waals surface area (Å²) in [6.45, 7) is 5.85. The molecule has 2 rings (SSSR count). The van der Waals surface area contributed by atoms with Crippen LogP contribution in [0.4, 0.5) is 0 Å². The predicted molar refractivity (Wildman–Crippen MR) is 60.8 cm³/mol. The molecular formula is C11H20N4O. The summed E-state index contributed by atoms with van der Waals surface area (Å²) in [6, 6.07) is -0.00787. The van der Waals surface area contributed by atoms with E-state index in [-0.39, 0.29) is 6.04 Å². The van der Waals surface area contributed by atoms with Crippen LogP contribution in [0.3, 0.4) is 0 Å². The number of nitrogens with zero attached hydrogens (tertiary/aromatic N) is 3. The minimum atomic E-state index is -0.00787. The van der Waals surface area contributed by atoms with E-state index in [2.05, 4.69) is 24.2 Å². The van der Waals surface area contributed by atoms with E-state index in [1.807, 2.05) is 4.68 Å². The molecule has 0 bridgehead atoms. The molecule has 90 valence electrons. The second-order valence-electron chi connectivity index (χ2n) is 4.55. The lowest BCUT2D eigenvalue weighted by Gasteiger charge is -2.18. The van der Waals surface area contributed by atoms with Crippen molar-refractivity contribution in [2.75, 3.05) is 6.61 Å². The van der Waals surface area contributed by atoms with E-state index < -0.39 is 0 Å². The molecule has 3 atom stereocenters. The van der Waals surface area contributed by atoms with Crippen LogP contribution < -0.4 is 5.73 Å². The summed E-state index contributed by atoms with van der Waals surface area (Å²) in [7, 11) is 0. The summed E-state index contributed by atoms with van der Waals surface area (Å²) in [6.07, 6.45) is 4.18. The fourth-order valence-corrected chi connectivity index (χ4v) is 2.25. The lowest BCUT2D eigenvalue weighted by atomic mass is 9.95. The molecule has 1 fully saturated rings. The molecule has 5 heteroatoms. The maximum absolute atomic E-state index is 6.26. The zero-order valence-corrected chi connectivity index (χ0v) is 9.97. The van der Waals surface area contributed by atoms with Gasteiger partial charge in [-0.1, -0.05) is 12.1 Å². The van der Waals surface area contributed by atoms with Crippen LogP contribution in [-0.4, -0.2) is 27.7 Å². The maximum Gasteiger partial charge on any atom is 0.0758 e. The minimum Gasteiger partial charge on any atom is -0.378 e. The van der Waals surface area contributed by atoms with Crippen LogP contribution in [0.5, 0.6) is 0 Å². The Hall–Kier alpha value is -0.940. The lowest BCUT2D eigenvalue weighted by molar-refractivity contribution is 0.118. The quantitative estimate of drug-likeness (QED) is 0.832. The standard InChI is InChI=1S/C11H20N4O/c1-3-4-15-10(6-13-14-15)11(12)9-5-8(2)16-7-9/h6,8-9,11H,3-5,7,12H2,1-2H3. The van der Waals surface area contributed by atoms with E-state index >= 15 is 0 Å². The van der Waals surface area contributed by atoms with Gasteiger partial charge in [-0.3, -0.25) is 0 Å². The first kappa shape index (κ1) is 11.5. The number of ether oxygens (including phenoxy) is 1. The molecule has 0 aromatic carbocycles. The maximum atomic E-state index is 6.26. The third-order valence-corrected chi connectivity index (χ3v) is 3.16. The minimum absolute atomic E-state index is 0.00787. The van der Waals surface area contributed by atoms with Crippen LogP contribution in [0.25, 0.3) is 0 Å². The molecule has 1 aromatic heterocycles. The van der Waals surface area contributed by atoms with Crippen molar-refractivity contribution in [1.29, 1.82) is 0 Å². The third-order valence-electron chi connectivity index (χ3n) is 3.16. The van der Waals surface area contributed by atoms with Crippen LogP contribution in [0.15, 0.2) is 6.20 Å². The molecule has 0 saturated carbocycles. The van der Waals surface area contributed by atoms with E-state index in [0.717, 1.165) is 31.7 Å². The Balaban J connectivity index is 2.07. The number of hydrogen-bond acceptors (Lipinski definition) is 4. The lowest BCUT2D eigenvalue weighted by Crippen LogP contribution is -2.25. The predicted octanol–water partition coefficient (Wildman–Crippen LogP) is 1.11. The van der Waals surface area contributed by atoms with Crippen LogP contribution >= 0.6 is 0 Å². The van der Waals surface area contributed by atoms with Crippen LogP contribution in [0, 0.1) is 5.92 Å². The van der Waals surface area contributed by atoms with Crippen molar-refractivity contribution in [3.8, 4) is 0 Å². The van der Waals surface area contributed by atoms with Crippen molar-refractivity contribution < 1.29 is 4.74 Å². The Bertz CT molecular complexity index is 338. The van der Waals surface area contributed by atoms with Gasteiger partial charge in [0.2, 0.25) is 0 Å². The number of hydrogen-bond donors (Lipinski definition) is 1. The summed E-state index contributed by atoms with van der Waals surface area (Å²) in [5, 5.41) is 8.01. The number of aryl methyl sites for hydroxylation is 1. The number of aromatic nitrogens is 3. The normalized spacial score (nSPS) is 27.2. The fraction of sp³-hybridized carbons (Fsp3) is 0.818. The molecule has 2 N–H and O–H groups in total. The molecule has 0 spiro atoms. The van der Waals surface area contributed by atoms with Gasteiger partial charge in [-0.2, -0.15) is 0 Å². The van der Waals surface area contributed by atoms with Gasteiger partial charge in [0.1, 0.15) is 0 Å². The highest BCUT2D eigenvalue weighted by molar-refractivity contribution is 5.04. The third kappa shape index (κ3) is 2.25. The summed E-state index contributed by atoms with van der Waals surface area (Å²) in [4.78, 5) is 0. The fourth-order valence-electron chi connectivity index (χ4n) is 2.25. The number of nitrogens with two attached hydrogens (primary N) is 1. The monoisotopic (exact) mass is 224 g/mol. The van der Waals surface area contributed by atoms with E-state index in [4.69, 9.17) is 10.5 Å². The van der Waals surface area contributed by atoms with E-state index in [1.54, 1.807) is 6.20 Å². The van der Waals surface area contributed by atoms with Gasteiger partial charge in [0.15, 0.2) is 0 Å². The van der Waals surface area contributed by atoms with Gasteiger partial charge in [0, 0.05) is 12.5 Å². The van der Waals surface area contributed by atoms with Crippen LogP contribution in [0.2, 0.25) is 0 Å². The SMILES string of the molecule is CCCn1nncc1C(N)C1COC(C)C1. The van der Waals surface area contributed by atoms with Crippen molar-refractivity contribution in [2.24, 2.45) is 11.7 Å². The van der Waals surface area contributed by atoms with Gasteiger partial charge in [-0.25, -0.2) is 4.68 Å². The Morgan fingerprint density at radius 1 is 1.69 bits per heavy atom. The molecule has 0 radical (unpaired) electrons. The molecule has 16 heavy (non-hydrogen) atoms. The Morgan fingerprint density at radius 3 is 3.12 bits per heavy atom. The van der Waals surface area contributed by atoms with Gasteiger partial charge in [0.05, 0.1) is 30.6 Å². The van der Waals surface area contributed by atoms with Crippen molar-refractivity contribution in [1.82, 2.24) is 15.0 Å². The molecule has 3 unspecified atom stereocenters. The molecule has 0 amide bonds. The summed E-state index contributed by atoms with van der Waals surface area (Å²) < 4.78 is 7.46. The Morgan fingerprint density at radius 2 is 2.50 bits per heavy atom. The highest BCUT2D eigenvalue weighted by Gasteiger charge is 2.30. The van der Waals surface area contributed by atoms with Gasteiger partial charge >= 0.3 is 0 Å². The first-order chi connectivity index (χ1) is 7.72. The second-order valence-corrected chi connectivity index (χ2v) is 4.55. The van der Waals surface area contributed by atoms with Gasteiger partial charge in [-0.15, -0.1) is 5.10 Å². The van der Waals surface area contributed by atoms with Crippen LogP contribution in [-0.2, 0) is 11.3 Å². The van der Waals surface area contributed by atoms with Crippen molar-refractivity contribution in [3.05, 3.63) is 11.9 Å². The van der Waals surface area contributed by atoms with E-state index in [1.165, 1.54) is 0 Å². The smallest absolute Gasteiger partial charge is 0.0758 e. The topological polar surface area (TPSA) is 66.0 Å². The Labute approximate surface area is 96.0 Å². The molecule has 2 heterocycles. The molecular weight excluding hydrogens is 204 g/mol. The zero-order valence-electron chi connectivity index (χ0n) is 9.97. The summed E-state index contributed by atoms with van der Waals surface area (Å²) >= 11 is 0. The first-order valence-corrected chi connectivity index (χ1v) is 5.98. The largest absolute Gasteiger partial charge is 0.378 e. The van der Waals surface area contributed by atoms with Gasteiger partial charge in [-0.05, 0) is 19.8 Å². The van der Waals surface area contributed by atoms with Gasteiger partial charge < -0.3 is 10.5 Å². The molecule has 1 aliphatic rings. The van der Waals surface area contributed by atoms with Gasteiger partial charge in [0.25, 0.3) is 0 Å². The molecule has 1 aromatic rings. The Kier molecular flexibility index (Phi) is 3.56. The number of rotatable bonds is 4. The first-order valence-electron chi connectivity index (χ1n) is 5.98. The molecule has 5 nitrogen and oxygen atoms in total. The highest BCUT2D eigenvalue weighted by Crippen LogP contribution is 2.29. The van der Waals surface area contributed by atoms with Crippen molar-refractivity contribution in [3.63, 3.8) is 0 Å². The molecule has 1 aliphatic heterocycles.